The molecule has 0 saturated heterocycles. The third-order valence-corrected chi connectivity index (χ3v) is 6.07. The molecule has 1 amide bonds. The average molecular weight is 443 g/mol. The smallest absolute Gasteiger partial charge is 0.261 e. The van der Waals surface area contributed by atoms with Gasteiger partial charge in [0.05, 0.1) is 31.6 Å². The molecule has 2 aromatic heterocycles. The summed E-state index contributed by atoms with van der Waals surface area (Å²) in [5.41, 5.74) is 5.43. The molecule has 3 heterocycles. The van der Waals surface area contributed by atoms with Gasteiger partial charge in [0, 0.05) is 24.0 Å². The Kier molecular flexibility index (Phi) is 5.38. The molecule has 0 radical (unpaired) electrons. The number of carbonyl (C=O) groups is 1. The van der Waals surface area contributed by atoms with Gasteiger partial charge in [-0.25, -0.2) is 4.68 Å². The van der Waals surface area contributed by atoms with Crippen LogP contribution < -0.4 is 9.47 Å². The van der Waals surface area contributed by atoms with Crippen LogP contribution in [-0.2, 0) is 17.9 Å². The molecule has 0 N–H and O–H groups in total. The molecule has 0 aliphatic carbocycles. The maximum absolute atomic E-state index is 12.9. The van der Waals surface area contributed by atoms with Gasteiger partial charge in [0.15, 0.2) is 6.61 Å². The number of aromatic nitrogens is 3. The van der Waals surface area contributed by atoms with E-state index in [0.717, 1.165) is 22.8 Å². The van der Waals surface area contributed by atoms with Crippen LogP contribution in [0.5, 0.6) is 11.5 Å². The topological polar surface area (TPSA) is 61.5 Å². The highest BCUT2D eigenvalue weighted by molar-refractivity contribution is 5.78. The average Bonchev–Trinajstić information content (AvgIpc) is 3.55. The van der Waals surface area contributed by atoms with Gasteiger partial charge in [0.1, 0.15) is 17.3 Å². The van der Waals surface area contributed by atoms with Crippen LogP contribution in [0, 0.1) is 13.8 Å². The van der Waals surface area contributed by atoms with Crippen LogP contribution in [0.2, 0.25) is 0 Å². The van der Waals surface area contributed by atoms with E-state index in [1.54, 1.807) is 18.1 Å². The molecule has 1 aliphatic rings. The zero-order chi connectivity index (χ0) is 22.9. The second kappa shape index (κ2) is 8.50. The number of rotatable bonds is 6. The number of fused-ring (bicyclic) bond motifs is 1. The summed E-state index contributed by atoms with van der Waals surface area (Å²) in [6, 6.07) is 17.6. The zero-order valence-electron chi connectivity index (χ0n) is 19.0. The summed E-state index contributed by atoms with van der Waals surface area (Å²) in [4.78, 5) is 14.7. The maximum atomic E-state index is 12.9. The van der Waals surface area contributed by atoms with E-state index in [0.29, 0.717) is 24.6 Å². The number of hydrogen-bond donors (Lipinski definition) is 0. The van der Waals surface area contributed by atoms with Crippen molar-refractivity contribution in [3.05, 3.63) is 89.4 Å². The van der Waals surface area contributed by atoms with Crippen molar-refractivity contribution in [2.45, 2.75) is 26.9 Å². The van der Waals surface area contributed by atoms with Crippen LogP contribution in [0.4, 0.5) is 0 Å². The lowest BCUT2D eigenvalue weighted by atomic mass is 10.1. The number of benzene rings is 2. The van der Waals surface area contributed by atoms with Crippen molar-refractivity contribution >= 4 is 5.91 Å². The first-order valence-electron chi connectivity index (χ1n) is 10.9. The lowest BCUT2D eigenvalue weighted by Gasteiger charge is -2.18. The molecule has 0 spiro atoms. The number of aryl methyl sites for hydroxylation is 2. The minimum atomic E-state index is -0.0768. The van der Waals surface area contributed by atoms with Crippen LogP contribution >= 0.6 is 0 Å². The Labute approximate surface area is 192 Å². The number of nitrogens with zero attached hydrogens (tertiary/aromatic N) is 4. The van der Waals surface area contributed by atoms with Gasteiger partial charge < -0.3 is 18.9 Å². The molecule has 7 nitrogen and oxygen atoms in total. The standard InChI is InChI=1S/C26H26N4O3/c1-18-9-10-20(13-19(18)2)30-26(28-11-4-5-12-28)23-15-29(16-24(23)27-30)25(31)17-33-22-8-6-7-21(14-22)32-3/h4-14H,15-17H2,1-3H3. The minimum Gasteiger partial charge on any atom is -0.497 e. The SMILES string of the molecule is COc1cccc(OCC(=O)N2Cc3nn(-c4ccc(C)c(C)c4)c(-n4cccc4)c3C2)c1. The van der Waals surface area contributed by atoms with E-state index in [1.807, 2.05) is 47.4 Å². The van der Waals surface area contributed by atoms with Crippen LogP contribution in [0.1, 0.15) is 22.4 Å². The predicted molar refractivity (Wildman–Crippen MR) is 125 cm³/mol. The van der Waals surface area contributed by atoms with Gasteiger partial charge in [-0.1, -0.05) is 12.1 Å². The monoisotopic (exact) mass is 442 g/mol. The Hall–Kier alpha value is -4.00. The van der Waals surface area contributed by atoms with E-state index < -0.39 is 0 Å². The molecule has 2 aromatic carbocycles. The highest BCUT2D eigenvalue weighted by atomic mass is 16.5. The Balaban J connectivity index is 1.39. The van der Waals surface area contributed by atoms with Crippen LogP contribution in [0.25, 0.3) is 11.5 Å². The second-order valence-corrected chi connectivity index (χ2v) is 8.24. The Morgan fingerprint density at radius 1 is 0.970 bits per heavy atom. The van der Waals surface area contributed by atoms with E-state index in [2.05, 4.69) is 36.6 Å². The van der Waals surface area contributed by atoms with Gasteiger partial charge in [-0.2, -0.15) is 5.10 Å². The van der Waals surface area contributed by atoms with Crippen molar-refractivity contribution < 1.29 is 14.3 Å². The molecular formula is C26H26N4O3. The van der Waals surface area contributed by atoms with Crippen molar-refractivity contribution in [1.82, 2.24) is 19.2 Å². The number of methoxy groups -OCH3 is 1. The molecule has 0 fully saturated rings. The first-order valence-corrected chi connectivity index (χ1v) is 10.9. The molecule has 0 atom stereocenters. The number of carbonyl (C=O) groups excluding carboxylic acids is 1. The van der Waals surface area contributed by atoms with Crippen molar-refractivity contribution in [2.24, 2.45) is 0 Å². The van der Waals surface area contributed by atoms with Gasteiger partial charge in [-0.3, -0.25) is 4.79 Å². The molecule has 168 valence electrons. The van der Waals surface area contributed by atoms with Crippen LogP contribution in [-0.4, -0.2) is 38.9 Å². The van der Waals surface area contributed by atoms with Crippen molar-refractivity contribution in [3.8, 4) is 23.0 Å². The van der Waals surface area contributed by atoms with E-state index in [9.17, 15) is 4.79 Å². The first-order chi connectivity index (χ1) is 16.0. The van der Waals surface area contributed by atoms with Gasteiger partial charge >= 0.3 is 0 Å². The molecular weight excluding hydrogens is 416 g/mol. The first kappa shape index (κ1) is 20.9. The maximum Gasteiger partial charge on any atom is 0.261 e. The summed E-state index contributed by atoms with van der Waals surface area (Å²) in [7, 11) is 1.60. The second-order valence-electron chi connectivity index (χ2n) is 8.24. The highest BCUT2D eigenvalue weighted by Crippen LogP contribution is 2.31. The molecule has 0 bridgehead atoms. The van der Waals surface area contributed by atoms with Gasteiger partial charge in [-0.15, -0.1) is 0 Å². The summed E-state index contributed by atoms with van der Waals surface area (Å²) in [6.45, 7) is 5.13. The zero-order valence-corrected chi connectivity index (χ0v) is 19.0. The van der Waals surface area contributed by atoms with Gasteiger partial charge in [-0.05, 0) is 61.4 Å². The summed E-state index contributed by atoms with van der Waals surface area (Å²) in [5, 5.41) is 4.91. The fraction of sp³-hybridized carbons (Fsp3) is 0.231. The molecule has 7 heteroatoms. The molecule has 4 aromatic rings. The summed E-state index contributed by atoms with van der Waals surface area (Å²) in [5.74, 6) is 2.18. The summed E-state index contributed by atoms with van der Waals surface area (Å²) < 4.78 is 15.0. The van der Waals surface area contributed by atoms with Crippen LogP contribution in [0.3, 0.4) is 0 Å². The van der Waals surface area contributed by atoms with Crippen LogP contribution in [0.15, 0.2) is 67.0 Å². The van der Waals surface area contributed by atoms with E-state index in [-0.39, 0.29) is 12.5 Å². The Morgan fingerprint density at radius 3 is 2.52 bits per heavy atom. The number of amides is 1. The molecule has 0 unspecified atom stereocenters. The third-order valence-electron chi connectivity index (χ3n) is 6.07. The number of ether oxygens (including phenoxy) is 2. The van der Waals surface area contributed by atoms with Crippen molar-refractivity contribution in [3.63, 3.8) is 0 Å². The third kappa shape index (κ3) is 3.98. The van der Waals surface area contributed by atoms with Crippen molar-refractivity contribution in [2.75, 3.05) is 13.7 Å². The summed E-state index contributed by atoms with van der Waals surface area (Å²) >= 11 is 0. The largest absolute Gasteiger partial charge is 0.497 e. The highest BCUT2D eigenvalue weighted by Gasteiger charge is 2.31. The van der Waals surface area contributed by atoms with E-state index in [4.69, 9.17) is 14.6 Å². The Bertz CT molecular complexity index is 1310. The number of hydrogen-bond acceptors (Lipinski definition) is 4. The fourth-order valence-electron chi connectivity index (χ4n) is 4.08. The predicted octanol–water partition coefficient (Wildman–Crippen LogP) is 4.21. The van der Waals surface area contributed by atoms with E-state index in [1.165, 1.54) is 11.1 Å². The molecule has 0 saturated carbocycles. The fourth-order valence-corrected chi connectivity index (χ4v) is 4.08. The lowest BCUT2D eigenvalue weighted by Crippen LogP contribution is -2.31. The quantitative estimate of drug-likeness (QED) is 0.449. The molecule has 1 aliphatic heterocycles. The molecule has 33 heavy (non-hydrogen) atoms. The summed E-state index contributed by atoms with van der Waals surface area (Å²) in [6.07, 6.45) is 4.01. The minimum absolute atomic E-state index is 0.0343. The Morgan fingerprint density at radius 2 is 1.76 bits per heavy atom. The van der Waals surface area contributed by atoms with Crippen molar-refractivity contribution in [1.29, 1.82) is 0 Å². The normalized spacial score (nSPS) is 12.6. The van der Waals surface area contributed by atoms with Gasteiger partial charge in [0.25, 0.3) is 5.91 Å². The molecule has 5 rings (SSSR count). The van der Waals surface area contributed by atoms with Gasteiger partial charge in [0.2, 0.25) is 0 Å². The van der Waals surface area contributed by atoms with E-state index >= 15 is 0 Å². The lowest BCUT2D eigenvalue weighted by molar-refractivity contribution is -0.134.